The molecule has 0 bridgehead atoms. The minimum atomic E-state index is -4.37. The van der Waals surface area contributed by atoms with E-state index in [-0.39, 0.29) is 5.82 Å². The average Bonchev–Trinajstić information content (AvgIpc) is 3.16. The van der Waals surface area contributed by atoms with Crippen LogP contribution < -0.4 is 4.90 Å². The van der Waals surface area contributed by atoms with Gasteiger partial charge in [-0.15, -0.1) is 11.3 Å². The molecule has 2 aromatic carbocycles. The van der Waals surface area contributed by atoms with Gasteiger partial charge >= 0.3 is 6.18 Å². The summed E-state index contributed by atoms with van der Waals surface area (Å²) in [4.78, 5) is 7.90. The first kappa shape index (κ1) is 23.2. The zero-order chi connectivity index (χ0) is 23.8. The van der Waals surface area contributed by atoms with E-state index in [9.17, 15) is 17.6 Å². The first-order valence-electron chi connectivity index (χ1n) is 10.7. The molecule has 0 fully saturated rings. The van der Waals surface area contributed by atoms with Gasteiger partial charge in [0.15, 0.2) is 5.13 Å². The van der Waals surface area contributed by atoms with E-state index in [1.54, 1.807) is 17.4 Å². The highest BCUT2D eigenvalue weighted by molar-refractivity contribution is 7.16. The molecule has 0 spiro atoms. The van der Waals surface area contributed by atoms with E-state index < -0.39 is 11.7 Å². The fourth-order valence-electron chi connectivity index (χ4n) is 3.84. The lowest BCUT2D eigenvalue weighted by molar-refractivity contribution is -0.137. The van der Waals surface area contributed by atoms with Crippen LogP contribution in [0.5, 0.6) is 0 Å². The Kier molecular flexibility index (Phi) is 6.43. The van der Waals surface area contributed by atoms with Crippen LogP contribution in [0.2, 0.25) is 0 Å². The van der Waals surface area contributed by atoms with Crippen LogP contribution in [0.25, 0.3) is 16.8 Å². The van der Waals surface area contributed by atoms with Crippen LogP contribution >= 0.6 is 11.3 Å². The first-order valence-corrected chi connectivity index (χ1v) is 11.5. The summed E-state index contributed by atoms with van der Waals surface area (Å²) in [5, 5.41) is 0.787. The van der Waals surface area contributed by atoms with E-state index in [1.807, 2.05) is 30.2 Å². The van der Waals surface area contributed by atoms with Gasteiger partial charge in [0.05, 0.1) is 11.3 Å². The molecule has 0 aliphatic carbocycles. The van der Waals surface area contributed by atoms with Gasteiger partial charge in [-0.2, -0.15) is 13.2 Å². The van der Waals surface area contributed by atoms with E-state index in [1.165, 1.54) is 24.3 Å². The lowest BCUT2D eigenvalue weighted by atomic mass is 9.98. The largest absolute Gasteiger partial charge is 0.416 e. The van der Waals surface area contributed by atoms with Gasteiger partial charge in [-0.05, 0) is 66.3 Å². The minimum Gasteiger partial charge on any atom is -0.320 e. The Labute approximate surface area is 194 Å². The Morgan fingerprint density at radius 2 is 1.79 bits per heavy atom. The molecule has 1 aromatic heterocycles. The summed E-state index contributed by atoms with van der Waals surface area (Å²) in [5.41, 5.74) is 3.62. The van der Waals surface area contributed by atoms with Crippen molar-refractivity contribution in [2.24, 2.45) is 5.92 Å². The number of halogens is 4. The summed E-state index contributed by atoms with van der Waals surface area (Å²) in [6, 6.07) is 11.7. The Hall–Kier alpha value is -2.93. The van der Waals surface area contributed by atoms with Gasteiger partial charge in [0.25, 0.3) is 0 Å². The molecule has 3 aromatic rings. The molecule has 0 unspecified atom stereocenters. The molecule has 0 atom stereocenters. The van der Waals surface area contributed by atoms with Crippen LogP contribution in [0.4, 0.5) is 22.7 Å². The van der Waals surface area contributed by atoms with E-state index in [2.05, 4.69) is 13.8 Å². The number of aromatic nitrogens is 1. The molecule has 2 nitrogen and oxygen atoms in total. The zero-order valence-corrected chi connectivity index (χ0v) is 19.4. The first-order chi connectivity index (χ1) is 15.6. The smallest absolute Gasteiger partial charge is 0.320 e. The predicted octanol–water partition coefficient (Wildman–Crippen LogP) is 7.97. The van der Waals surface area contributed by atoms with Gasteiger partial charge in [-0.1, -0.05) is 38.1 Å². The van der Waals surface area contributed by atoms with E-state index >= 15 is 0 Å². The Balaban J connectivity index is 1.64. The Bertz CT molecular complexity index is 1200. The highest BCUT2D eigenvalue weighted by atomic mass is 32.1. The molecule has 7 heteroatoms. The normalized spacial score (nSPS) is 14.5. The summed E-state index contributed by atoms with van der Waals surface area (Å²) in [7, 11) is 0. The number of allylic oxidation sites excluding steroid dienone is 2. The van der Waals surface area contributed by atoms with E-state index in [0.717, 1.165) is 51.0 Å². The number of hydrogen-bond acceptors (Lipinski definition) is 3. The summed E-state index contributed by atoms with van der Waals surface area (Å²) in [6.07, 6.45) is 0.306. The maximum Gasteiger partial charge on any atom is 0.416 e. The third kappa shape index (κ3) is 5.19. The van der Waals surface area contributed by atoms with Crippen LogP contribution in [-0.4, -0.2) is 11.5 Å². The fraction of sp³-hybridized carbons (Fsp3) is 0.269. The molecule has 33 heavy (non-hydrogen) atoms. The number of hydrogen-bond donors (Lipinski definition) is 0. The predicted molar refractivity (Wildman–Crippen MR) is 127 cm³/mol. The number of anilines is 1. The van der Waals surface area contributed by atoms with Gasteiger partial charge in [-0.3, -0.25) is 0 Å². The van der Waals surface area contributed by atoms with Gasteiger partial charge in [-0.25, -0.2) is 9.37 Å². The molecule has 0 saturated heterocycles. The molecular weight excluding hydrogens is 448 g/mol. The zero-order valence-electron chi connectivity index (χ0n) is 18.6. The van der Waals surface area contributed by atoms with E-state index in [4.69, 9.17) is 4.98 Å². The standard InChI is InChI=1S/C26H24F4N2S/c1-16(2)13-23-24(18-7-9-20(10-8-18)26(28,29)30)31-25(33-23)32-12-11-22(17(3)15-32)19-5-4-6-21(27)14-19/h4-12,14,16H,13,15H2,1-3H3. The van der Waals surface area contributed by atoms with Crippen molar-refractivity contribution < 1.29 is 17.6 Å². The van der Waals surface area contributed by atoms with Gasteiger partial charge in [0, 0.05) is 23.2 Å². The fourth-order valence-corrected chi connectivity index (χ4v) is 5.12. The van der Waals surface area contributed by atoms with Crippen molar-refractivity contribution in [2.45, 2.75) is 33.4 Å². The van der Waals surface area contributed by atoms with Crippen molar-refractivity contribution in [2.75, 3.05) is 11.4 Å². The lowest BCUT2D eigenvalue weighted by Crippen LogP contribution is -2.21. The molecule has 172 valence electrons. The van der Waals surface area contributed by atoms with Gasteiger partial charge < -0.3 is 4.90 Å². The number of nitrogens with zero attached hydrogens (tertiary/aromatic N) is 2. The second-order valence-corrected chi connectivity index (χ2v) is 9.65. The summed E-state index contributed by atoms with van der Waals surface area (Å²) in [5.74, 6) is 0.104. The molecule has 0 amide bonds. The van der Waals surface area contributed by atoms with Crippen molar-refractivity contribution in [1.82, 2.24) is 4.98 Å². The summed E-state index contributed by atoms with van der Waals surface area (Å²) < 4.78 is 52.6. The van der Waals surface area contributed by atoms with Crippen LogP contribution in [0, 0.1) is 11.7 Å². The quantitative estimate of drug-likeness (QED) is 0.350. The molecule has 0 N–H and O–H groups in total. The molecular formula is C26H24F4N2S. The number of rotatable bonds is 5. The number of benzene rings is 2. The molecule has 2 heterocycles. The molecule has 0 radical (unpaired) electrons. The van der Waals surface area contributed by atoms with E-state index in [0.29, 0.717) is 18.0 Å². The second-order valence-electron chi connectivity index (χ2n) is 8.59. The topological polar surface area (TPSA) is 16.1 Å². The van der Waals surface area contributed by atoms with Gasteiger partial charge in [0.1, 0.15) is 5.82 Å². The second kappa shape index (κ2) is 9.14. The average molecular weight is 473 g/mol. The lowest BCUT2D eigenvalue weighted by Gasteiger charge is -2.24. The third-order valence-electron chi connectivity index (χ3n) is 5.44. The van der Waals surface area contributed by atoms with Crippen LogP contribution in [0.1, 0.15) is 36.8 Å². The van der Waals surface area contributed by atoms with Crippen LogP contribution in [0.15, 0.2) is 66.4 Å². The van der Waals surface area contributed by atoms with Crippen LogP contribution in [0.3, 0.4) is 0 Å². The third-order valence-corrected chi connectivity index (χ3v) is 6.55. The van der Waals surface area contributed by atoms with Crippen molar-refractivity contribution in [3.8, 4) is 11.3 Å². The Morgan fingerprint density at radius 3 is 2.39 bits per heavy atom. The SMILES string of the molecule is CC1=C(c2cccc(F)c2)C=CN(c2nc(-c3ccc(C(F)(F)F)cc3)c(CC(C)C)s2)C1. The van der Waals surface area contributed by atoms with Crippen molar-refractivity contribution in [3.05, 3.63) is 88.2 Å². The molecule has 0 saturated carbocycles. The van der Waals surface area contributed by atoms with Crippen molar-refractivity contribution in [1.29, 1.82) is 0 Å². The van der Waals surface area contributed by atoms with Crippen LogP contribution in [-0.2, 0) is 12.6 Å². The van der Waals surface area contributed by atoms with Crippen molar-refractivity contribution >= 4 is 22.0 Å². The highest BCUT2D eigenvalue weighted by Crippen LogP contribution is 2.38. The maximum atomic E-state index is 13.7. The molecule has 1 aliphatic rings. The minimum absolute atomic E-state index is 0.275. The number of alkyl halides is 3. The summed E-state index contributed by atoms with van der Waals surface area (Å²) >= 11 is 1.56. The Morgan fingerprint density at radius 1 is 1.06 bits per heavy atom. The molecule has 4 rings (SSSR count). The summed E-state index contributed by atoms with van der Waals surface area (Å²) in [6.45, 7) is 6.82. The molecule has 1 aliphatic heterocycles. The van der Waals surface area contributed by atoms with Crippen molar-refractivity contribution in [3.63, 3.8) is 0 Å². The number of thiazole rings is 1. The highest BCUT2D eigenvalue weighted by Gasteiger charge is 2.30. The monoisotopic (exact) mass is 472 g/mol. The van der Waals surface area contributed by atoms with Gasteiger partial charge in [0.2, 0.25) is 0 Å². The maximum absolute atomic E-state index is 13.7.